The number of aromatic nitrogens is 3. The molecule has 4 aromatic rings. The lowest BCUT2D eigenvalue weighted by Crippen LogP contribution is -2.22. The van der Waals surface area contributed by atoms with Crippen molar-refractivity contribution in [2.45, 2.75) is 13.2 Å². The molecule has 7 nitrogen and oxygen atoms in total. The Hall–Kier alpha value is -3.87. The number of rotatable bonds is 7. The summed E-state index contributed by atoms with van der Waals surface area (Å²) in [4.78, 5) is 21.1. The smallest absolute Gasteiger partial charge is 0.251 e. The molecule has 7 heteroatoms. The molecule has 0 fully saturated rings. The summed E-state index contributed by atoms with van der Waals surface area (Å²) in [5.41, 5.74) is 3.10. The Bertz CT molecular complexity index is 1090. The maximum Gasteiger partial charge on any atom is 0.251 e. The SMILES string of the molecule is COc1ccc(CNC(=O)c2cccc(OCc3cn4ccccc4n3)c2)cn1. The van der Waals surface area contributed by atoms with Gasteiger partial charge in [0.1, 0.15) is 18.0 Å². The van der Waals surface area contributed by atoms with Gasteiger partial charge in [-0.1, -0.05) is 18.2 Å². The van der Waals surface area contributed by atoms with Crippen molar-refractivity contribution in [2.75, 3.05) is 7.11 Å². The number of carbonyl (C=O) groups excluding carboxylic acids is 1. The first-order valence-electron chi connectivity index (χ1n) is 9.14. The number of methoxy groups -OCH3 is 1. The number of nitrogens with one attached hydrogen (secondary N) is 1. The summed E-state index contributed by atoms with van der Waals surface area (Å²) in [6, 6.07) is 16.5. The van der Waals surface area contributed by atoms with Gasteiger partial charge in [-0.05, 0) is 35.9 Å². The summed E-state index contributed by atoms with van der Waals surface area (Å²) in [6.45, 7) is 0.701. The molecule has 0 aliphatic rings. The van der Waals surface area contributed by atoms with Crippen LogP contribution in [0.15, 0.2) is 73.2 Å². The first-order valence-corrected chi connectivity index (χ1v) is 9.14. The van der Waals surface area contributed by atoms with Crippen LogP contribution in [0.3, 0.4) is 0 Å². The molecule has 1 N–H and O–H groups in total. The predicted octanol–water partition coefficient (Wildman–Crippen LogP) is 3.25. The van der Waals surface area contributed by atoms with E-state index in [0.29, 0.717) is 30.3 Å². The zero-order valence-corrected chi connectivity index (χ0v) is 15.9. The van der Waals surface area contributed by atoms with E-state index in [9.17, 15) is 4.79 Å². The van der Waals surface area contributed by atoms with Crippen molar-refractivity contribution in [3.05, 3.63) is 90.0 Å². The lowest BCUT2D eigenvalue weighted by atomic mass is 10.2. The highest BCUT2D eigenvalue weighted by Gasteiger charge is 2.08. The van der Waals surface area contributed by atoms with Crippen LogP contribution >= 0.6 is 0 Å². The highest BCUT2D eigenvalue weighted by Crippen LogP contribution is 2.16. The number of nitrogens with zero attached hydrogens (tertiary/aromatic N) is 3. The molecule has 0 saturated heterocycles. The standard InChI is InChI=1S/C22H20N4O3/c1-28-21-9-8-16(12-23-21)13-24-22(27)17-5-4-6-19(11-17)29-15-18-14-26-10-3-2-7-20(26)25-18/h2-12,14H,13,15H2,1H3,(H,24,27). The highest BCUT2D eigenvalue weighted by atomic mass is 16.5. The first kappa shape index (κ1) is 18.5. The summed E-state index contributed by atoms with van der Waals surface area (Å²) < 4.78 is 12.8. The van der Waals surface area contributed by atoms with E-state index >= 15 is 0 Å². The number of fused-ring (bicyclic) bond motifs is 1. The molecule has 1 aromatic carbocycles. The molecule has 0 aliphatic carbocycles. The zero-order valence-electron chi connectivity index (χ0n) is 15.9. The Labute approximate surface area is 168 Å². The topological polar surface area (TPSA) is 77.8 Å². The number of hydrogen-bond donors (Lipinski definition) is 1. The van der Waals surface area contributed by atoms with Gasteiger partial charge >= 0.3 is 0 Å². The summed E-state index contributed by atoms with van der Waals surface area (Å²) in [5.74, 6) is 0.968. The minimum atomic E-state index is -0.181. The van der Waals surface area contributed by atoms with Crippen LogP contribution in [-0.2, 0) is 13.2 Å². The Kier molecular flexibility index (Phi) is 5.38. The van der Waals surface area contributed by atoms with Crippen LogP contribution in [0.4, 0.5) is 0 Å². The summed E-state index contributed by atoms with van der Waals surface area (Å²) in [5, 5.41) is 2.88. The van der Waals surface area contributed by atoms with Crippen molar-refractivity contribution < 1.29 is 14.3 Å². The van der Waals surface area contributed by atoms with Crippen molar-refractivity contribution in [1.82, 2.24) is 19.7 Å². The molecule has 3 heterocycles. The van der Waals surface area contributed by atoms with Gasteiger partial charge in [-0.3, -0.25) is 4.79 Å². The molecule has 0 spiro atoms. The van der Waals surface area contributed by atoms with E-state index in [1.54, 1.807) is 37.6 Å². The second-order valence-corrected chi connectivity index (χ2v) is 6.41. The fraction of sp³-hybridized carbons (Fsp3) is 0.136. The fourth-order valence-corrected chi connectivity index (χ4v) is 2.86. The molecule has 0 unspecified atom stereocenters. The number of benzene rings is 1. The van der Waals surface area contributed by atoms with Gasteiger partial charge in [0, 0.05) is 36.8 Å². The third-order valence-electron chi connectivity index (χ3n) is 4.36. The second kappa shape index (κ2) is 8.43. The minimum Gasteiger partial charge on any atom is -0.487 e. The van der Waals surface area contributed by atoms with Gasteiger partial charge in [0.2, 0.25) is 5.88 Å². The summed E-state index contributed by atoms with van der Waals surface area (Å²) >= 11 is 0. The van der Waals surface area contributed by atoms with Gasteiger partial charge in [0.05, 0.1) is 12.8 Å². The van der Waals surface area contributed by atoms with Gasteiger partial charge in [-0.15, -0.1) is 0 Å². The third kappa shape index (κ3) is 4.52. The lowest BCUT2D eigenvalue weighted by molar-refractivity contribution is 0.0950. The molecule has 4 rings (SSSR count). The fourth-order valence-electron chi connectivity index (χ4n) is 2.86. The van der Waals surface area contributed by atoms with E-state index in [1.165, 1.54) is 0 Å². The Morgan fingerprint density at radius 1 is 1.14 bits per heavy atom. The number of imidazole rings is 1. The van der Waals surface area contributed by atoms with E-state index in [4.69, 9.17) is 9.47 Å². The maximum absolute atomic E-state index is 12.5. The van der Waals surface area contributed by atoms with Gasteiger partial charge in [-0.25, -0.2) is 9.97 Å². The molecular weight excluding hydrogens is 368 g/mol. The molecule has 0 radical (unpaired) electrons. The number of ether oxygens (including phenoxy) is 2. The average Bonchev–Trinajstić information content (AvgIpc) is 3.19. The molecule has 0 atom stereocenters. The molecular formula is C22H20N4O3. The van der Waals surface area contributed by atoms with E-state index in [-0.39, 0.29) is 5.91 Å². The van der Waals surface area contributed by atoms with Gasteiger partial charge < -0.3 is 19.2 Å². The van der Waals surface area contributed by atoms with E-state index in [2.05, 4.69) is 15.3 Å². The quantitative estimate of drug-likeness (QED) is 0.526. The van der Waals surface area contributed by atoms with Crippen LogP contribution in [0.25, 0.3) is 5.65 Å². The zero-order chi connectivity index (χ0) is 20.1. The monoisotopic (exact) mass is 388 g/mol. The van der Waals surface area contributed by atoms with Crippen LogP contribution < -0.4 is 14.8 Å². The highest BCUT2D eigenvalue weighted by molar-refractivity contribution is 5.94. The van der Waals surface area contributed by atoms with Gasteiger partial charge in [-0.2, -0.15) is 0 Å². The van der Waals surface area contributed by atoms with Gasteiger partial charge in [0.15, 0.2) is 0 Å². The number of amides is 1. The molecule has 1 amide bonds. The third-order valence-corrected chi connectivity index (χ3v) is 4.36. The van der Waals surface area contributed by atoms with Crippen molar-refractivity contribution in [2.24, 2.45) is 0 Å². The molecule has 0 bridgehead atoms. The van der Waals surface area contributed by atoms with Crippen LogP contribution in [0, 0.1) is 0 Å². The van der Waals surface area contributed by atoms with Crippen molar-refractivity contribution in [3.8, 4) is 11.6 Å². The Morgan fingerprint density at radius 2 is 2.07 bits per heavy atom. The predicted molar refractivity (Wildman–Crippen MR) is 108 cm³/mol. The normalized spacial score (nSPS) is 10.7. The molecule has 0 aliphatic heterocycles. The van der Waals surface area contributed by atoms with E-state index in [0.717, 1.165) is 16.9 Å². The molecule has 0 saturated carbocycles. The van der Waals surface area contributed by atoms with Crippen molar-refractivity contribution in [3.63, 3.8) is 0 Å². The van der Waals surface area contributed by atoms with Crippen LogP contribution in [0.5, 0.6) is 11.6 Å². The van der Waals surface area contributed by atoms with Crippen LogP contribution in [0.2, 0.25) is 0 Å². The summed E-state index contributed by atoms with van der Waals surface area (Å²) in [6.07, 6.45) is 5.54. The average molecular weight is 388 g/mol. The Morgan fingerprint density at radius 3 is 2.86 bits per heavy atom. The number of carbonyl (C=O) groups is 1. The van der Waals surface area contributed by atoms with E-state index in [1.807, 2.05) is 47.1 Å². The second-order valence-electron chi connectivity index (χ2n) is 6.41. The molecule has 29 heavy (non-hydrogen) atoms. The molecule has 3 aromatic heterocycles. The van der Waals surface area contributed by atoms with Crippen LogP contribution in [0.1, 0.15) is 21.6 Å². The van der Waals surface area contributed by atoms with Gasteiger partial charge in [0.25, 0.3) is 5.91 Å². The number of hydrogen-bond acceptors (Lipinski definition) is 5. The first-order chi connectivity index (χ1) is 14.2. The maximum atomic E-state index is 12.5. The van der Waals surface area contributed by atoms with Crippen LogP contribution in [-0.4, -0.2) is 27.4 Å². The summed E-state index contributed by atoms with van der Waals surface area (Å²) in [7, 11) is 1.56. The van der Waals surface area contributed by atoms with E-state index < -0.39 is 0 Å². The minimum absolute atomic E-state index is 0.181. The van der Waals surface area contributed by atoms with Crippen molar-refractivity contribution in [1.29, 1.82) is 0 Å². The van der Waals surface area contributed by atoms with Crippen molar-refractivity contribution >= 4 is 11.6 Å². The number of pyridine rings is 2. The Balaban J connectivity index is 1.36. The molecule has 146 valence electrons. The lowest BCUT2D eigenvalue weighted by Gasteiger charge is -2.08. The largest absolute Gasteiger partial charge is 0.487 e.